The van der Waals surface area contributed by atoms with Gasteiger partial charge in [-0.1, -0.05) is 0 Å². The summed E-state index contributed by atoms with van der Waals surface area (Å²) >= 11 is 0. The molecule has 0 bridgehead atoms. The fraction of sp³-hybridized carbons (Fsp3) is 0.562. The number of ether oxygens (including phenoxy) is 2. The lowest BCUT2D eigenvalue weighted by molar-refractivity contribution is 0.0688. The first kappa shape index (κ1) is 18.2. The number of H-pyrrole nitrogens is 1. The molecule has 0 spiro atoms. The molecule has 0 aliphatic heterocycles. The fourth-order valence-corrected chi connectivity index (χ4v) is 2.43. The van der Waals surface area contributed by atoms with Gasteiger partial charge in [-0.3, -0.25) is 14.6 Å². The van der Waals surface area contributed by atoms with Gasteiger partial charge in [0.15, 0.2) is 0 Å². The summed E-state index contributed by atoms with van der Waals surface area (Å²) in [7, 11) is 3.53. The summed E-state index contributed by atoms with van der Waals surface area (Å²) in [6.07, 6.45) is 0.747. The van der Waals surface area contributed by atoms with Gasteiger partial charge < -0.3 is 14.8 Å². The topological polar surface area (TPSA) is 94.1 Å². The lowest BCUT2D eigenvalue weighted by atomic mass is 10.1. The number of carbonyl (C=O) groups excluding carboxylic acids is 1. The van der Waals surface area contributed by atoms with Crippen LogP contribution in [0.25, 0.3) is 11.3 Å². The van der Waals surface area contributed by atoms with Gasteiger partial charge in [-0.25, -0.2) is 0 Å². The van der Waals surface area contributed by atoms with Crippen LogP contribution in [0.3, 0.4) is 0 Å². The molecule has 0 radical (unpaired) electrons. The lowest BCUT2D eigenvalue weighted by Gasteiger charge is -2.04. The molecular weight excluding hydrogens is 310 g/mol. The Kier molecular flexibility index (Phi) is 6.51. The zero-order chi connectivity index (χ0) is 17.5. The van der Waals surface area contributed by atoms with Crippen LogP contribution in [0.2, 0.25) is 0 Å². The molecule has 8 heteroatoms. The quantitative estimate of drug-likeness (QED) is 0.672. The lowest BCUT2D eigenvalue weighted by Crippen LogP contribution is -2.25. The number of carbonyl (C=O) groups is 1. The van der Waals surface area contributed by atoms with E-state index in [2.05, 4.69) is 20.6 Å². The van der Waals surface area contributed by atoms with Crippen molar-refractivity contribution in [3.8, 4) is 11.3 Å². The molecule has 2 heterocycles. The molecule has 2 N–H and O–H groups in total. The van der Waals surface area contributed by atoms with E-state index >= 15 is 0 Å². The maximum Gasteiger partial charge on any atom is 0.269 e. The minimum Gasteiger partial charge on any atom is -0.382 e. The van der Waals surface area contributed by atoms with Crippen LogP contribution in [0, 0.1) is 13.8 Å². The predicted octanol–water partition coefficient (Wildman–Crippen LogP) is 1.21. The summed E-state index contributed by atoms with van der Waals surface area (Å²) in [5, 5.41) is 14.3. The van der Waals surface area contributed by atoms with Crippen molar-refractivity contribution in [3.05, 3.63) is 23.1 Å². The molecule has 0 aliphatic carbocycles. The van der Waals surface area contributed by atoms with Gasteiger partial charge in [-0.15, -0.1) is 0 Å². The van der Waals surface area contributed by atoms with Crippen molar-refractivity contribution in [1.82, 2.24) is 25.3 Å². The largest absolute Gasteiger partial charge is 0.382 e. The number of aryl methyl sites for hydroxylation is 2. The smallest absolute Gasteiger partial charge is 0.269 e. The maximum absolute atomic E-state index is 12.1. The fourth-order valence-electron chi connectivity index (χ4n) is 2.43. The van der Waals surface area contributed by atoms with Gasteiger partial charge in [0.2, 0.25) is 0 Å². The van der Waals surface area contributed by atoms with E-state index in [1.54, 1.807) is 13.2 Å². The van der Waals surface area contributed by atoms with Crippen LogP contribution in [0.5, 0.6) is 0 Å². The third-order valence-electron chi connectivity index (χ3n) is 3.77. The van der Waals surface area contributed by atoms with E-state index in [1.807, 2.05) is 25.6 Å². The van der Waals surface area contributed by atoms with E-state index in [9.17, 15) is 4.79 Å². The van der Waals surface area contributed by atoms with Crippen molar-refractivity contribution in [3.63, 3.8) is 0 Å². The van der Waals surface area contributed by atoms with Crippen molar-refractivity contribution in [2.45, 2.75) is 20.3 Å². The number of rotatable bonds is 9. The standard InChI is InChI=1S/C16H25N5O3/c1-11-15(12(2)21(3)20-11)13-10-14(19-18-13)16(22)17-6-5-7-24-9-8-23-4/h10H,5-9H2,1-4H3,(H,17,22)(H,18,19). The first-order valence-corrected chi connectivity index (χ1v) is 7.95. The number of methoxy groups -OCH3 is 1. The molecule has 132 valence electrons. The number of aromatic nitrogens is 4. The Morgan fingerprint density at radius 3 is 2.79 bits per heavy atom. The van der Waals surface area contributed by atoms with Crippen LogP contribution in [0.4, 0.5) is 0 Å². The third kappa shape index (κ3) is 4.42. The maximum atomic E-state index is 12.1. The van der Waals surface area contributed by atoms with Crippen LogP contribution in [0.15, 0.2) is 6.07 Å². The van der Waals surface area contributed by atoms with E-state index in [-0.39, 0.29) is 5.91 Å². The first-order valence-electron chi connectivity index (χ1n) is 7.95. The van der Waals surface area contributed by atoms with E-state index in [4.69, 9.17) is 9.47 Å². The Balaban J connectivity index is 1.85. The molecule has 1 amide bonds. The minimum atomic E-state index is -0.176. The molecule has 2 aromatic heterocycles. The van der Waals surface area contributed by atoms with Crippen molar-refractivity contribution < 1.29 is 14.3 Å². The van der Waals surface area contributed by atoms with Crippen LogP contribution in [-0.4, -0.2) is 59.4 Å². The highest BCUT2D eigenvalue weighted by molar-refractivity contribution is 5.93. The highest BCUT2D eigenvalue weighted by Gasteiger charge is 2.16. The first-order chi connectivity index (χ1) is 11.5. The van der Waals surface area contributed by atoms with Crippen molar-refractivity contribution in [2.75, 3.05) is 33.5 Å². The van der Waals surface area contributed by atoms with Crippen molar-refractivity contribution in [2.24, 2.45) is 7.05 Å². The number of amides is 1. The van der Waals surface area contributed by atoms with E-state index < -0.39 is 0 Å². The second kappa shape index (κ2) is 8.60. The van der Waals surface area contributed by atoms with Crippen molar-refractivity contribution in [1.29, 1.82) is 0 Å². The van der Waals surface area contributed by atoms with Crippen LogP contribution in [-0.2, 0) is 16.5 Å². The second-order valence-corrected chi connectivity index (χ2v) is 5.55. The highest BCUT2D eigenvalue weighted by Crippen LogP contribution is 2.25. The summed E-state index contributed by atoms with van der Waals surface area (Å²) in [5.41, 5.74) is 4.03. The highest BCUT2D eigenvalue weighted by atomic mass is 16.5. The number of nitrogens with one attached hydrogen (secondary N) is 2. The van der Waals surface area contributed by atoms with Crippen molar-refractivity contribution >= 4 is 5.91 Å². The summed E-state index contributed by atoms with van der Waals surface area (Å²) in [4.78, 5) is 12.1. The van der Waals surface area contributed by atoms with Gasteiger partial charge in [0.25, 0.3) is 5.91 Å². The third-order valence-corrected chi connectivity index (χ3v) is 3.77. The summed E-state index contributed by atoms with van der Waals surface area (Å²) in [6, 6.07) is 1.75. The Labute approximate surface area is 141 Å². The zero-order valence-electron chi connectivity index (χ0n) is 14.7. The van der Waals surface area contributed by atoms with E-state index in [0.717, 1.165) is 29.1 Å². The van der Waals surface area contributed by atoms with Gasteiger partial charge in [0.05, 0.1) is 24.6 Å². The number of aromatic amines is 1. The molecule has 0 fully saturated rings. The molecule has 0 aliphatic rings. The molecule has 8 nitrogen and oxygen atoms in total. The second-order valence-electron chi connectivity index (χ2n) is 5.55. The van der Waals surface area contributed by atoms with Gasteiger partial charge in [0, 0.05) is 38.6 Å². The predicted molar refractivity (Wildman–Crippen MR) is 89.9 cm³/mol. The number of nitrogens with zero attached hydrogens (tertiary/aromatic N) is 3. The summed E-state index contributed by atoms with van der Waals surface area (Å²) in [5.74, 6) is -0.176. The van der Waals surface area contributed by atoms with Crippen LogP contribution < -0.4 is 5.32 Å². The van der Waals surface area contributed by atoms with Crippen LogP contribution in [0.1, 0.15) is 28.3 Å². The monoisotopic (exact) mass is 335 g/mol. The molecule has 2 aromatic rings. The van der Waals surface area contributed by atoms with E-state index in [0.29, 0.717) is 32.1 Å². The average molecular weight is 335 g/mol. The zero-order valence-corrected chi connectivity index (χ0v) is 14.7. The molecule has 0 atom stereocenters. The Morgan fingerprint density at radius 1 is 1.33 bits per heavy atom. The molecular formula is C16H25N5O3. The molecule has 24 heavy (non-hydrogen) atoms. The molecule has 0 saturated heterocycles. The van der Waals surface area contributed by atoms with Gasteiger partial charge in [-0.2, -0.15) is 10.2 Å². The Morgan fingerprint density at radius 2 is 2.12 bits per heavy atom. The minimum absolute atomic E-state index is 0.176. The molecule has 0 saturated carbocycles. The summed E-state index contributed by atoms with van der Waals surface area (Å²) in [6.45, 7) is 6.19. The summed E-state index contributed by atoms with van der Waals surface area (Å²) < 4.78 is 12.0. The molecule has 0 aromatic carbocycles. The van der Waals surface area contributed by atoms with Crippen LogP contribution >= 0.6 is 0 Å². The SMILES string of the molecule is COCCOCCCNC(=O)c1cc(-c2c(C)nn(C)c2C)n[nH]1. The van der Waals surface area contributed by atoms with Gasteiger partial charge in [-0.05, 0) is 26.3 Å². The van der Waals surface area contributed by atoms with Gasteiger partial charge >= 0.3 is 0 Å². The molecule has 2 rings (SSSR count). The number of hydrogen-bond acceptors (Lipinski definition) is 5. The normalized spacial score (nSPS) is 11.0. The number of hydrogen-bond donors (Lipinski definition) is 2. The van der Waals surface area contributed by atoms with Gasteiger partial charge in [0.1, 0.15) is 5.69 Å². The molecule has 0 unspecified atom stereocenters. The Bertz CT molecular complexity index is 677. The van der Waals surface area contributed by atoms with E-state index in [1.165, 1.54) is 0 Å². The average Bonchev–Trinajstić information content (AvgIpc) is 3.12. The Hall–Kier alpha value is -2.19.